The van der Waals surface area contributed by atoms with Crippen molar-refractivity contribution in [2.45, 2.75) is 4.58 Å². The zero-order valence-corrected chi connectivity index (χ0v) is 13.8. The van der Waals surface area contributed by atoms with Crippen molar-refractivity contribution in [3.8, 4) is 0 Å². The second-order valence-corrected chi connectivity index (χ2v) is 7.54. The number of amides is 2. The molecule has 2 aromatic rings. The van der Waals surface area contributed by atoms with E-state index in [1.165, 1.54) is 11.8 Å². The van der Waals surface area contributed by atoms with Crippen LogP contribution in [-0.2, 0) is 0 Å². The van der Waals surface area contributed by atoms with Gasteiger partial charge in [-0.05, 0) is 29.8 Å². The first kappa shape index (κ1) is 15.9. The van der Waals surface area contributed by atoms with Crippen LogP contribution in [0.1, 0.15) is 31.0 Å². The number of nitrogens with one attached hydrogen (secondary N) is 2. The summed E-state index contributed by atoms with van der Waals surface area (Å²) in [6.45, 7) is 0. The Morgan fingerprint density at radius 1 is 0.957 bits per heavy atom. The molecule has 1 aromatic heterocycles. The lowest BCUT2D eigenvalue weighted by Crippen LogP contribution is -2.41. The van der Waals surface area contributed by atoms with Gasteiger partial charge in [-0.2, -0.15) is 0 Å². The summed E-state index contributed by atoms with van der Waals surface area (Å²) in [5.74, 6) is 1.52. The minimum absolute atomic E-state index is 0.249. The fourth-order valence-corrected chi connectivity index (χ4v) is 4.95. The molecule has 0 bridgehead atoms. The third-order valence-electron chi connectivity index (χ3n) is 3.25. The molecule has 1 aromatic carbocycles. The van der Waals surface area contributed by atoms with Crippen LogP contribution in [0.5, 0.6) is 0 Å². The first-order valence-electron chi connectivity index (χ1n) is 7.09. The highest BCUT2D eigenvalue weighted by molar-refractivity contribution is 8.19. The topological polar surface area (TPSA) is 71.1 Å². The second-order valence-electron chi connectivity index (χ2n) is 4.82. The Bertz CT molecular complexity index is 686. The van der Waals surface area contributed by atoms with Crippen molar-refractivity contribution < 1.29 is 9.59 Å². The number of hydrogen-bond donors (Lipinski definition) is 2. The van der Waals surface area contributed by atoms with Crippen molar-refractivity contribution in [2.24, 2.45) is 0 Å². The van der Waals surface area contributed by atoms with Gasteiger partial charge in [0.1, 0.15) is 5.69 Å². The summed E-state index contributed by atoms with van der Waals surface area (Å²) in [4.78, 5) is 27.8. The summed E-state index contributed by atoms with van der Waals surface area (Å²) in [6, 6.07) is 12.5. The SMILES string of the molecule is O=C(NNC(=O)c1ccccn1)c1ccc(C2SCCS2)cc1. The Balaban J connectivity index is 1.56. The Kier molecular flexibility index (Phi) is 5.19. The van der Waals surface area contributed by atoms with Crippen LogP contribution < -0.4 is 10.9 Å². The van der Waals surface area contributed by atoms with Gasteiger partial charge in [0.25, 0.3) is 11.8 Å². The lowest BCUT2D eigenvalue weighted by atomic mass is 10.1. The van der Waals surface area contributed by atoms with Crippen LogP contribution in [0.15, 0.2) is 48.7 Å². The molecule has 118 valence electrons. The van der Waals surface area contributed by atoms with Crippen molar-refractivity contribution in [1.82, 2.24) is 15.8 Å². The second kappa shape index (κ2) is 7.52. The summed E-state index contributed by atoms with van der Waals surface area (Å²) in [5.41, 5.74) is 6.72. The smallest absolute Gasteiger partial charge is 0.267 e. The van der Waals surface area contributed by atoms with E-state index in [1.807, 2.05) is 35.7 Å². The highest BCUT2D eigenvalue weighted by Crippen LogP contribution is 2.45. The fourth-order valence-electron chi connectivity index (χ4n) is 2.09. The molecule has 0 radical (unpaired) electrons. The third-order valence-corrected chi connectivity index (χ3v) is 6.36. The number of rotatable bonds is 3. The Hall–Kier alpha value is -1.99. The van der Waals surface area contributed by atoms with Gasteiger partial charge in [-0.1, -0.05) is 18.2 Å². The van der Waals surface area contributed by atoms with E-state index in [4.69, 9.17) is 0 Å². The predicted molar refractivity (Wildman–Crippen MR) is 93.3 cm³/mol. The molecule has 7 heteroatoms. The number of thioether (sulfide) groups is 2. The lowest BCUT2D eigenvalue weighted by molar-refractivity contribution is 0.0844. The zero-order chi connectivity index (χ0) is 16.1. The van der Waals surface area contributed by atoms with E-state index in [9.17, 15) is 9.59 Å². The highest BCUT2D eigenvalue weighted by atomic mass is 32.2. The van der Waals surface area contributed by atoms with E-state index in [1.54, 1.807) is 30.3 Å². The third kappa shape index (κ3) is 4.05. The highest BCUT2D eigenvalue weighted by Gasteiger charge is 2.18. The molecule has 1 saturated heterocycles. The number of benzene rings is 1. The van der Waals surface area contributed by atoms with Crippen molar-refractivity contribution in [2.75, 3.05) is 11.5 Å². The molecule has 0 saturated carbocycles. The van der Waals surface area contributed by atoms with Crippen LogP contribution in [0, 0.1) is 0 Å². The molecule has 3 rings (SSSR count). The molecular formula is C16H15N3O2S2. The van der Waals surface area contributed by atoms with E-state index < -0.39 is 5.91 Å². The standard InChI is InChI=1S/C16H15N3O2S2/c20-14(18-19-15(21)13-3-1-2-8-17-13)11-4-6-12(7-5-11)16-22-9-10-23-16/h1-8,16H,9-10H2,(H,18,20)(H,19,21). The molecule has 1 aliphatic heterocycles. The summed E-state index contributed by atoms with van der Waals surface area (Å²) in [6.07, 6.45) is 1.52. The van der Waals surface area contributed by atoms with Gasteiger partial charge in [0.2, 0.25) is 0 Å². The summed E-state index contributed by atoms with van der Waals surface area (Å²) in [7, 11) is 0. The number of nitrogens with zero attached hydrogens (tertiary/aromatic N) is 1. The van der Waals surface area contributed by atoms with Gasteiger partial charge < -0.3 is 0 Å². The van der Waals surface area contributed by atoms with Crippen LogP contribution >= 0.6 is 23.5 Å². The maximum atomic E-state index is 12.1. The van der Waals surface area contributed by atoms with E-state index in [0.717, 1.165) is 11.5 Å². The van der Waals surface area contributed by atoms with Crippen molar-refractivity contribution in [1.29, 1.82) is 0 Å². The number of carbonyl (C=O) groups is 2. The summed E-state index contributed by atoms with van der Waals surface area (Å²) >= 11 is 3.84. The maximum absolute atomic E-state index is 12.1. The van der Waals surface area contributed by atoms with Crippen LogP contribution in [-0.4, -0.2) is 28.3 Å². The van der Waals surface area contributed by atoms with E-state index in [2.05, 4.69) is 15.8 Å². The molecule has 23 heavy (non-hydrogen) atoms. The number of aromatic nitrogens is 1. The van der Waals surface area contributed by atoms with E-state index in [0.29, 0.717) is 10.1 Å². The van der Waals surface area contributed by atoms with Crippen molar-refractivity contribution >= 4 is 35.3 Å². The normalized spacial score (nSPS) is 14.4. The van der Waals surface area contributed by atoms with Crippen LogP contribution in [0.4, 0.5) is 0 Å². The van der Waals surface area contributed by atoms with Crippen LogP contribution in [0.2, 0.25) is 0 Å². The number of carbonyl (C=O) groups excluding carboxylic acids is 2. The predicted octanol–water partition coefficient (Wildman–Crippen LogP) is 2.64. The van der Waals surface area contributed by atoms with Gasteiger partial charge >= 0.3 is 0 Å². The number of pyridine rings is 1. The van der Waals surface area contributed by atoms with E-state index >= 15 is 0 Å². The molecule has 0 spiro atoms. The molecule has 0 aliphatic carbocycles. The van der Waals surface area contributed by atoms with Gasteiger partial charge in [-0.3, -0.25) is 25.4 Å². The molecule has 1 aliphatic rings. The van der Waals surface area contributed by atoms with E-state index in [-0.39, 0.29) is 11.6 Å². The van der Waals surface area contributed by atoms with Crippen molar-refractivity contribution in [3.63, 3.8) is 0 Å². The van der Waals surface area contributed by atoms with Gasteiger partial charge in [0.05, 0.1) is 4.58 Å². The number of hydrogen-bond acceptors (Lipinski definition) is 5. The number of hydrazine groups is 1. The molecule has 2 amide bonds. The molecule has 1 fully saturated rings. The largest absolute Gasteiger partial charge is 0.288 e. The molecule has 0 unspecified atom stereocenters. The van der Waals surface area contributed by atoms with Gasteiger partial charge in [-0.25, -0.2) is 0 Å². The minimum Gasteiger partial charge on any atom is -0.267 e. The minimum atomic E-state index is -0.450. The Morgan fingerprint density at radius 2 is 1.65 bits per heavy atom. The molecule has 0 atom stereocenters. The van der Waals surface area contributed by atoms with Crippen LogP contribution in [0.25, 0.3) is 0 Å². The summed E-state index contributed by atoms with van der Waals surface area (Å²) < 4.78 is 0.455. The fraction of sp³-hybridized carbons (Fsp3) is 0.188. The quantitative estimate of drug-likeness (QED) is 0.837. The first-order chi connectivity index (χ1) is 11.2. The van der Waals surface area contributed by atoms with Gasteiger partial charge in [-0.15, -0.1) is 23.5 Å². The molecule has 2 heterocycles. The Morgan fingerprint density at radius 3 is 2.30 bits per heavy atom. The van der Waals surface area contributed by atoms with Gasteiger partial charge in [0.15, 0.2) is 0 Å². The Labute approximate surface area is 142 Å². The average molecular weight is 345 g/mol. The summed E-state index contributed by atoms with van der Waals surface area (Å²) in [5, 5.41) is 0. The van der Waals surface area contributed by atoms with Crippen LogP contribution in [0.3, 0.4) is 0 Å². The lowest BCUT2D eigenvalue weighted by Gasteiger charge is -2.10. The zero-order valence-electron chi connectivity index (χ0n) is 12.2. The molecule has 5 nitrogen and oxygen atoms in total. The first-order valence-corrected chi connectivity index (χ1v) is 9.19. The maximum Gasteiger partial charge on any atom is 0.288 e. The molecule has 2 N–H and O–H groups in total. The van der Waals surface area contributed by atoms with Crippen molar-refractivity contribution in [3.05, 3.63) is 65.5 Å². The molecular weight excluding hydrogens is 330 g/mol. The average Bonchev–Trinajstić information content (AvgIpc) is 3.15. The monoisotopic (exact) mass is 345 g/mol. The van der Waals surface area contributed by atoms with Gasteiger partial charge in [0, 0.05) is 23.3 Å².